The number of urea groups is 1. The van der Waals surface area contributed by atoms with E-state index in [-0.39, 0.29) is 46.4 Å². The van der Waals surface area contributed by atoms with Crippen molar-refractivity contribution >= 4 is 115 Å². The Morgan fingerprint density at radius 2 is 0.664 bits per heavy atom. The molecule has 0 aliphatic heterocycles. The number of aromatic nitrogens is 4. The molecule has 29 nitrogen and oxygen atoms in total. The standard InChI is InChI=1S/C20H18FN3O2.2C18H14FN3O2.2C13H13N3O.C13H18N2O.C13H12N2O/c1-2-13-12-15(22)7-10-18(13)23-19(25)17-4-3-11-24(20(17)26)16-8-5-14(21)6-9-16;19-12-3-9-15(10-4-12)22-11-1-2-16(18(22)24)17(23)21-14-7-5-13(20)6-8-14;19-13-5-9-15(10-6-13)22-11-1-2-16(18(22)24)21-17(23)12-3-7-14(20)8-4-12;14-12-3-1-11(2-4-12)13(17)16-9-10-5-7-15-8-6-10;14-10-6-8-12(9-7-10)16-13(17)15-11-4-2-1-3-5-11;14-11-8-6-10(7-9-11)13(16)15-12-4-2-1-3-5-12;14-11-6-8-12(9-7-11)15-13(16)10-4-2-1-3-5-10/h3-12H,2,22H2,1H3,(H,23,25);2*1-11H,20H2,(H,21,23);1-8H,9,14H2,(H,16,17);1-9H,14H2,(H2,15,16,17);6-9,12H,1-5,14H2,(H,15,16);1-9H,14H2,(H,15,16). The van der Waals surface area contributed by atoms with Crippen LogP contribution in [0, 0.1) is 17.5 Å². The van der Waals surface area contributed by atoms with Gasteiger partial charge in [0.15, 0.2) is 0 Å². The summed E-state index contributed by atoms with van der Waals surface area (Å²) in [5.41, 5.74) is 51.4. The van der Waals surface area contributed by atoms with E-state index in [1.165, 1.54) is 136 Å². The summed E-state index contributed by atoms with van der Waals surface area (Å²) in [5, 5.41) is 22.1. The van der Waals surface area contributed by atoms with E-state index in [1.807, 2.05) is 67.6 Å². The van der Waals surface area contributed by atoms with Crippen molar-refractivity contribution in [3.05, 3.63) is 470 Å². The summed E-state index contributed by atoms with van der Waals surface area (Å²) in [7, 11) is 0. The van der Waals surface area contributed by atoms with Gasteiger partial charge in [-0.1, -0.05) is 62.6 Å². The molecule has 22 N–H and O–H groups in total. The number of nitrogens with zero attached hydrogens (tertiary/aromatic N) is 4. The minimum Gasteiger partial charge on any atom is -0.399 e. The molecule has 1 fully saturated rings. The average Bonchev–Trinajstić information content (AvgIpc) is 0.812. The molecule has 0 bridgehead atoms. The molecule has 1 aliphatic carbocycles. The Balaban J connectivity index is 0.000000158. The molecule has 0 atom stereocenters. The second-order valence-electron chi connectivity index (χ2n) is 31.2. The average molecular weight is 1880 g/mol. The monoisotopic (exact) mass is 1880 g/mol. The van der Waals surface area contributed by atoms with Gasteiger partial charge in [-0.25, -0.2) is 18.0 Å². The van der Waals surface area contributed by atoms with Gasteiger partial charge in [-0.3, -0.25) is 61.8 Å². The van der Waals surface area contributed by atoms with Gasteiger partial charge in [0, 0.05) is 151 Å². The number of amides is 8. The Kier molecular flexibility index (Phi) is 37.3. The SMILES string of the molecule is CCc1cc(N)ccc1NC(=O)c1cccn(-c2ccc(F)cc2)c1=O.Nc1ccc(C(=O)NC2CCCCC2)cc1.Nc1ccc(C(=O)NCc2ccncc2)cc1.Nc1ccc(C(=O)Nc2cccn(-c3ccc(F)cc3)c2=O)cc1.Nc1ccc(NC(=O)Nc2ccccc2)cc1.Nc1ccc(NC(=O)c2ccccc2)cc1.Nc1ccc(NC(=O)c2cccn(-c3ccc(F)cc3)c2=O)cc1. The molecular weight excluding hydrogens is 1780 g/mol. The number of nitrogens with one attached hydrogen (secondary N) is 8. The molecule has 1 aliphatic rings. The first-order valence-electron chi connectivity index (χ1n) is 43.9. The van der Waals surface area contributed by atoms with Gasteiger partial charge in [-0.15, -0.1) is 0 Å². The highest BCUT2D eigenvalue weighted by molar-refractivity contribution is 6.07. The maximum absolute atomic E-state index is 13.1. The first-order valence-corrected chi connectivity index (χ1v) is 43.9. The van der Waals surface area contributed by atoms with E-state index in [4.69, 9.17) is 40.1 Å². The minimum absolute atomic E-state index is 0.00398. The quantitative estimate of drug-likeness (QED) is 0.0334. The minimum atomic E-state index is -0.527. The van der Waals surface area contributed by atoms with E-state index in [0.717, 1.165) is 35.3 Å². The topological polar surface area (TPSA) is 477 Å². The molecule has 0 spiro atoms. The fourth-order valence-corrected chi connectivity index (χ4v) is 13.5. The van der Waals surface area contributed by atoms with E-state index in [0.29, 0.717) is 115 Å². The van der Waals surface area contributed by atoms with Crippen LogP contribution in [0.4, 0.5) is 91.9 Å². The number of nitrogens with two attached hydrogens (primary N) is 7. The van der Waals surface area contributed by atoms with Crippen molar-refractivity contribution in [1.82, 2.24) is 29.3 Å². The number of para-hydroxylation sites is 1. The lowest BCUT2D eigenvalue weighted by molar-refractivity contribution is 0.0924. The van der Waals surface area contributed by atoms with Gasteiger partial charge in [-0.2, -0.15) is 0 Å². The molecule has 4 aromatic heterocycles. The number of hydrogen-bond acceptors (Lipinski definition) is 18. The van der Waals surface area contributed by atoms with Crippen molar-refractivity contribution in [2.45, 2.75) is 58.0 Å². The molecule has 32 heteroatoms. The number of hydrogen-bond donors (Lipinski definition) is 15. The normalized spacial score (nSPS) is 10.9. The van der Waals surface area contributed by atoms with E-state index in [9.17, 15) is 61.1 Å². The van der Waals surface area contributed by atoms with Gasteiger partial charge in [0.2, 0.25) is 0 Å². The maximum atomic E-state index is 13.1. The number of pyridine rings is 4. The number of halogens is 3. The Morgan fingerprint density at radius 1 is 0.321 bits per heavy atom. The molecule has 17 rings (SSSR count). The van der Waals surface area contributed by atoms with Crippen molar-refractivity contribution in [1.29, 1.82) is 0 Å². The second-order valence-corrected chi connectivity index (χ2v) is 31.2. The van der Waals surface area contributed by atoms with Crippen LogP contribution in [0.1, 0.15) is 112 Å². The Morgan fingerprint density at radius 3 is 1.10 bits per heavy atom. The van der Waals surface area contributed by atoms with Crippen LogP contribution >= 0.6 is 0 Å². The first kappa shape index (κ1) is 102. The summed E-state index contributed by atoms with van der Waals surface area (Å²) in [5.74, 6) is -2.84. The fourth-order valence-electron chi connectivity index (χ4n) is 13.5. The van der Waals surface area contributed by atoms with Gasteiger partial charge in [0.1, 0.15) is 34.3 Å². The molecule has 1 saturated carbocycles. The van der Waals surface area contributed by atoms with E-state index < -0.39 is 46.0 Å². The van der Waals surface area contributed by atoms with Crippen LogP contribution in [0.5, 0.6) is 0 Å². The third-order valence-electron chi connectivity index (χ3n) is 20.9. The van der Waals surface area contributed by atoms with Crippen LogP contribution in [0.25, 0.3) is 17.1 Å². The van der Waals surface area contributed by atoms with Crippen LogP contribution in [-0.2, 0) is 13.0 Å². The van der Waals surface area contributed by atoms with Crippen molar-refractivity contribution in [3.63, 3.8) is 0 Å². The zero-order valence-corrected chi connectivity index (χ0v) is 75.9. The smallest absolute Gasteiger partial charge is 0.323 e. The van der Waals surface area contributed by atoms with Crippen LogP contribution in [-0.4, -0.2) is 66.2 Å². The Bertz CT molecular complexity index is 7020. The summed E-state index contributed by atoms with van der Waals surface area (Å²) in [6, 6.07) is 93.9. The third-order valence-corrected chi connectivity index (χ3v) is 20.9. The van der Waals surface area contributed by atoms with Crippen LogP contribution in [0.15, 0.2) is 391 Å². The van der Waals surface area contributed by atoms with Gasteiger partial charge in [-0.05, 0) is 340 Å². The number of anilines is 13. The highest BCUT2D eigenvalue weighted by Crippen LogP contribution is 2.24. The summed E-state index contributed by atoms with van der Waals surface area (Å²) < 4.78 is 43.1. The maximum Gasteiger partial charge on any atom is 0.323 e. The number of nitrogen functional groups attached to an aromatic ring is 7. The number of aryl methyl sites for hydroxylation is 1. The second kappa shape index (κ2) is 51.4. The van der Waals surface area contributed by atoms with E-state index in [1.54, 1.807) is 213 Å². The van der Waals surface area contributed by atoms with Crippen molar-refractivity contribution < 1.29 is 46.7 Å². The molecule has 0 unspecified atom stereocenters. The largest absolute Gasteiger partial charge is 0.399 e. The number of carbonyl (C=O) groups is 7. The summed E-state index contributed by atoms with van der Waals surface area (Å²) in [4.78, 5) is 126. The molecule has 16 aromatic rings. The van der Waals surface area contributed by atoms with E-state index >= 15 is 0 Å². The molecule has 4 heterocycles. The van der Waals surface area contributed by atoms with Gasteiger partial charge >= 0.3 is 6.03 Å². The van der Waals surface area contributed by atoms with Crippen LogP contribution < -0.4 is 99.3 Å². The lowest BCUT2D eigenvalue weighted by Crippen LogP contribution is -2.36. The highest BCUT2D eigenvalue weighted by atomic mass is 19.1. The van der Waals surface area contributed by atoms with Gasteiger partial charge < -0.3 is 82.7 Å². The summed E-state index contributed by atoms with van der Waals surface area (Å²) >= 11 is 0. The zero-order chi connectivity index (χ0) is 99.8. The van der Waals surface area contributed by atoms with Crippen molar-refractivity contribution in [3.8, 4) is 17.1 Å². The number of carbonyl (C=O) groups excluding carboxylic acids is 7. The van der Waals surface area contributed by atoms with Gasteiger partial charge in [0.25, 0.3) is 52.1 Å². The summed E-state index contributed by atoms with van der Waals surface area (Å²) in [6.07, 6.45) is 14.7. The summed E-state index contributed by atoms with van der Waals surface area (Å²) in [6.45, 7) is 2.44. The van der Waals surface area contributed by atoms with Crippen LogP contribution in [0.2, 0.25) is 0 Å². The van der Waals surface area contributed by atoms with E-state index in [2.05, 4.69) is 47.5 Å². The molecule has 0 saturated heterocycles. The third kappa shape index (κ3) is 31.7. The van der Waals surface area contributed by atoms with Gasteiger partial charge in [0.05, 0.1) is 0 Å². The molecule has 8 amide bonds. The predicted octanol–water partition coefficient (Wildman–Crippen LogP) is 18.4. The van der Waals surface area contributed by atoms with Crippen molar-refractivity contribution in [2.24, 2.45) is 0 Å². The molecular formula is C108H102F3N19O10. The lowest BCUT2D eigenvalue weighted by atomic mass is 9.95. The molecule has 140 heavy (non-hydrogen) atoms. The predicted molar refractivity (Wildman–Crippen MR) is 548 cm³/mol. The van der Waals surface area contributed by atoms with Crippen molar-refractivity contribution in [2.75, 3.05) is 72.0 Å². The van der Waals surface area contributed by atoms with Crippen LogP contribution in [0.3, 0.4) is 0 Å². The molecule has 12 aromatic carbocycles. The Hall–Kier alpha value is -18.9. The zero-order valence-electron chi connectivity index (χ0n) is 75.9. The highest BCUT2D eigenvalue weighted by Gasteiger charge is 2.20. The Labute approximate surface area is 804 Å². The number of rotatable bonds is 19. The molecule has 710 valence electrons. The first-order chi connectivity index (χ1) is 67.6. The molecule has 0 radical (unpaired) electrons. The fraction of sp³-hybridized carbons (Fsp3) is 0.0833. The number of benzene rings is 12. The lowest BCUT2D eigenvalue weighted by Gasteiger charge is -2.22.